The molecular weight excluding hydrogens is 230 g/mol. The summed E-state index contributed by atoms with van der Waals surface area (Å²) in [5.41, 5.74) is 5.32. The van der Waals surface area contributed by atoms with Crippen molar-refractivity contribution in [2.45, 2.75) is 4.90 Å². The summed E-state index contributed by atoms with van der Waals surface area (Å²) < 4.78 is 29.6. The van der Waals surface area contributed by atoms with E-state index in [-0.39, 0.29) is 10.6 Å². The average molecular weight is 241 g/mol. The predicted molar refractivity (Wildman–Crippen MR) is 59.3 cm³/mol. The predicted octanol–water partition coefficient (Wildman–Crippen LogP) is 0.925. The molecule has 0 aliphatic heterocycles. The molecule has 2 rings (SSSR count). The minimum absolute atomic E-state index is 0.0509. The zero-order valence-corrected chi connectivity index (χ0v) is 9.05. The topological polar surface area (TPSA) is 109 Å². The number of nitrogens with one attached hydrogen (secondary N) is 1. The summed E-state index contributed by atoms with van der Waals surface area (Å²) >= 11 is 0. The van der Waals surface area contributed by atoms with Crippen LogP contribution in [-0.4, -0.2) is 23.2 Å². The number of hydrogen-bond donors (Lipinski definition) is 3. The Bertz CT molecular complexity index is 505. The lowest BCUT2D eigenvalue weighted by molar-refractivity contribution is 0.483. The van der Waals surface area contributed by atoms with Crippen LogP contribution in [0.4, 0.5) is 5.69 Å². The van der Waals surface area contributed by atoms with Gasteiger partial charge in [0, 0.05) is 12.4 Å². The molecule has 6 nitrogen and oxygen atoms in total. The molecule has 0 saturated carbocycles. The highest BCUT2D eigenvalue weighted by Gasteiger charge is 2.11. The van der Waals surface area contributed by atoms with Crippen molar-refractivity contribution in [2.75, 3.05) is 5.73 Å². The lowest BCUT2D eigenvalue weighted by Gasteiger charge is -1.98. The Labute approximate surface area is 92.9 Å². The van der Waals surface area contributed by atoms with Crippen LogP contribution in [0.5, 0.6) is 0 Å². The summed E-state index contributed by atoms with van der Waals surface area (Å²) in [5, 5.41) is 6.21. The molecule has 1 heterocycles. The van der Waals surface area contributed by atoms with Gasteiger partial charge in [-0.25, -0.2) is 0 Å². The molecule has 0 fully saturated rings. The van der Waals surface area contributed by atoms with Crippen LogP contribution in [0.2, 0.25) is 0 Å². The molecule has 2 aromatic rings. The van der Waals surface area contributed by atoms with Crippen LogP contribution in [0.25, 0.3) is 0 Å². The van der Waals surface area contributed by atoms with E-state index >= 15 is 0 Å². The minimum atomic E-state index is -4.16. The summed E-state index contributed by atoms with van der Waals surface area (Å²) in [6, 6.07) is 7.55. The van der Waals surface area contributed by atoms with Gasteiger partial charge >= 0.3 is 0 Å². The maximum absolute atomic E-state index is 10.5. The van der Waals surface area contributed by atoms with Crippen LogP contribution >= 0.6 is 0 Å². The van der Waals surface area contributed by atoms with Gasteiger partial charge in [-0.3, -0.25) is 9.65 Å². The van der Waals surface area contributed by atoms with Crippen LogP contribution in [0.15, 0.2) is 47.6 Å². The smallest absolute Gasteiger partial charge is 0.296 e. The third kappa shape index (κ3) is 3.71. The monoisotopic (exact) mass is 241 g/mol. The van der Waals surface area contributed by atoms with Gasteiger partial charge < -0.3 is 5.73 Å². The molecule has 7 heteroatoms. The van der Waals surface area contributed by atoms with E-state index in [0.29, 0.717) is 0 Å². The largest absolute Gasteiger partial charge is 0.398 e. The van der Waals surface area contributed by atoms with Crippen molar-refractivity contribution in [1.29, 1.82) is 0 Å². The van der Waals surface area contributed by atoms with Crippen molar-refractivity contribution < 1.29 is 13.0 Å². The molecular formula is C9H11N3O3S. The van der Waals surface area contributed by atoms with Crippen molar-refractivity contribution in [3.05, 3.63) is 42.7 Å². The molecule has 0 unspecified atom stereocenters. The Hall–Kier alpha value is -1.86. The van der Waals surface area contributed by atoms with E-state index in [1.165, 1.54) is 18.2 Å². The Morgan fingerprint density at radius 1 is 1.25 bits per heavy atom. The van der Waals surface area contributed by atoms with Crippen molar-refractivity contribution in [3.8, 4) is 0 Å². The van der Waals surface area contributed by atoms with Crippen LogP contribution < -0.4 is 5.73 Å². The molecule has 0 saturated heterocycles. The molecule has 0 aliphatic carbocycles. The lowest BCUT2D eigenvalue weighted by atomic mass is 10.3. The number of nitrogens with two attached hydrogens (primary N) is 1. The molecule has 0 amide bonds. The Morgan fingerprint density at radius 2 is 1.94 bits per heavy atom. The van der Waals surface area contributed by atoms with E-state index < -0.39 is 10.1 Å². The molecule has 0 atom stereocenters. The second kappa shape index (κ2) is 5.29. The lowest BCUT2D eigenvalue weighted by Crippen LogP contribution is -2.01. The molecule has 0 aliphatic rings. The number of rotatable bonds is 1. The highest BCUT2D eigenvalue weighted by Crippen LogP contribution is 2.15. The number of H-pyrrole nitrogens is 1. The molecule has 1 aromatic heterocycles. The average Bonchev–Trinajstić information content (AvgIpc) is 2.74. The van der Waals surface area contributed by atoms with Crippen molar-refractivity contribution in [1.82, 2.24) is 10.2 Å². The minimum Gasteiger partial charge on any atom is -0.398 e. The van der Waals surface area contributed by atoms with E-state index in [1.807, 2.05) is 6.07 Å². The van der Waals surface area contributed by atoms with Gasteiger partial charge in [0.2, 0.25) is 0 Å². The summed E-state index contributed by atoms with van der Waals surface area (Å²) in [6.07, 6.45) is 3.46. The second-order valence-corrected chi connectivity index (χ2v) is 4.17. The first-order valence-corrected chi connectivity index (χ1v) is 5.71. The summed E-state index contributed by atoms with van der Waals surface area (Å²) in [6.45, 7) is 0. The fourth-order valence-electron chi connectivity index (χ4n) is 0.931. The maximum Gasteiger partial charge on any atom is 0.296 e. The van der Waals surface area contributed by atoms with E-state index in [0.717, 1.165) is 0 Å². The summed E-state index contributed by atoms with van der Waals surface area (Å²) in [7, 11) is -4.16. The highest BCUT2D eigenvalue weighted by atomic mass is 32.2. The molecule has 86 valence electrons. The Kier molecular flexibility index (Phi) is 4.03. The van der Waals surface area contributed by atoms with Gasteiger partial charge in [0.25, 0.3) is 10.1 Å². The quantitative estimate of drug-likeness (QED) is 0.508. The van der Waals surface area contributed by atoms with Crippen molar-refractivity contribution >= 4 is 15.8 Å². The third-order valence-corrected chi connectivity index (χ3v) is 2.53. The fraction of sp³-hybridized carbons (Fsp3) is 0. The zero-order valence-electron chi connectivity index (χ0n) is 8.24. The van der Waals surface area contributed by atoms with Gasteiger partial charge in [0.15, 0.2) is 0 Å². The van der Waals surface area contributed by atoms with Crippen LogP contribution in [0, 0.1) is 0 Å². The normalized spacial score (nSPS) is 10.3. The number of nitrogens with zero attached hydrogens (tertiary/aromatic N) is 1. The molecule has 4 N–H and O–H groups in total. The van der Waals surface area contributed by atoms with E-state index in [4.69, 9.17) is 10.3 Å². The van der Waals surface area contributed by atoms with Gasteiger partial charge in [0.1, 0.15) is 4.90 Å². The third-order valence-electron chi connectivity index (χ3n) is 1.60. The summed E-state index contributed by atoms with van der Waals surface area (Å²) in [4.78, 5) is -0.250. The van der Waals surface area contributed by atoms with Crippen LogP contribution in [-0.2, 0) is 10.1 Å². The van der Waals surface area contributed by atoms with E-state index in [9.17, 15) is 8.42 Å². The molecule has 0 bridgehead atoms. The van der Waals surface area contributed by atoms with E-state index in [2.05, 4.69) is 10.2 Å². The van der Waals surface area contributed by atoms with Gasteiger partial charge in [0.05, 0.1) is 5.69 Å². The molecule has 1 aromatic carbocycles. The molecule has 0 radical (unpaired) electrons. The first-order chi connectivity index (χ1) is 7.52. The highest BCUT2D eigenvalue weighted by molar-refractivity contribution is 7.86. The number of para-hydroxylation sites is 1. The molecule has 16 heavy (non-hydrogen) atoms. The van der Waals surface area contributed by atoms with Gasteiger partial charge in [-0.15, -0.1) is 0 Å². The molecule has 0 spiro atoms. The number of aromatic amines is 1. The number of hydrogen-bond acceptors (Lipinski definition) is 4. The Balaban J connectivity index is 0.000000212. The number of benzene rings is 1. The van der Waals surface area contributed by atoms with E-state index in [1.54, 1.807) is 18.5 Å². The van der Waals surface area contributed by atoms with Gasteiger partial charge in [-0.05, 0) is 18.2 Å². The fourth-order valence-corrected chi connectivity index (χ4v) is 1.55. The zero-order chi connectivity index (χ0) is 12.0. The number of nitrogen functional groups attached to an aromatic ring is 1. The first kappa shape index (κ1) is 12.2. The standard InChI is InChI=1S/C6H7NO3S.C3H4N2/c7-5-3-1-2-4-6(5)11(8,9)10;1-2-4-5-3-1/h1-4H,7H2,(H,8,9,10);1-3H,(H,4,5). The second-order valence-electron chi connectivity index (χ2n) is 2.78. The van der Waals surface area contributed by atoms with Crippen molar-refractivity contribution in [3.63, 3.8) is 0 Å². The number of anilines is 1. The number of aromatic nitrogens is 2. The first-order valence-electron chi connectivity index (χ1n) is 4.27. The SMILES string of the molecule is Nc1ccccc1S(=O)(=O)O.c1cn[nH]c1. The van der Waals surface area contributed by atoms with Gasteiger partial charge in [-0.2, -0.15) is 13.5 Å². The summed E-state index contributed by atoms with van der Waals surface area (Å²) in [5.74, 6) is 0. The Morgan fingerprint density at radius 3 is 2.25 bits per heavy atom. The van der Waals surface area contributed by atoms with Gasteiger partial charge in [-0.1, -0.05) is 12.1 Å². The van der Waals surface area contributed by atoms with Crippen molar-refractivity contribution in [2.24, 2.45) is 0 Å². The maximum atomic E-state index is 10.5. The van der Waals surface area contributed by atoms with Crippen LogP contribution in [0.1, 0.15) is 0 Å². The van der Waals surface area contributed by atoms with Crippen LogP contribution in [0.3, 0.4) is 0 Å².